The molecule has 2 aliphatic heterocycles. The maximum atomic E-state index is 14.0. The highest BCUT2D eigenvalue weighted by atomic mass is 31.2. The molecule has 12 nitrogen and oxygen atoms in total. The van der Waals surface area contributed by atoms with Crippen molar-refractivity contribution in [1.82, 2.24) is 0 Å². The number of hydrogen-bond acceptors (Lipinski definition) is 10. The topological polar surface area (TPSA) is 148 Å². The van der Waals surface area contributed by atoms with Gasteiger partial charge < -0.3 is 28.0 Å². The molecule has 0 N–H and O–H groups in total. The quantitative estimate of drug-likeness (QED) is 0.104. The second-order valence-corrected chi connectivity index (χ2v) is 10.3. The van der Waals surface area contributed by atoms with Crippen LogP contribution in [0.1, 0.15) is 18.8 Å². The second-order valence-electron chi connectivity index (χ2n) is 8.85. The summed E-state index contributed by atoms with van der Waals surface area (Å²) in [6.07, 6.45) is -5.24. The van der Waals surface area contributed by atoms with Crippen molar-refractivity contribution in [3.05, 3.63) is 107 Å². The summed E-state index contributed by atoms with van der Waals surface area (Å²) in [6, 6.07) is 24.4. The maximum Gasteiger partial charge on any atom is 0.589 e. The Labute approximate surface area is 229 Å². The van der Waals surface area contributed by atoms with Gasteiger partial charge in [0.25, 0.3) is 0 Å². The molecule has 0 saturated carbocycles. The Morgan fingerprint density at radius 1 is 0.925 bits per heavy atom. The van der Waals surface area contributed by atoms with E-state index in [1.54, 1.807) is 60.7 Å². The van der Waals surface area contributed by atoms with Crippen molar-refractivity contribution in [3.8, 4) is 11.5 Å². The Morgan fingerprint density at radius 3 is 2.05 bits per heavy atom. The normalized spacial score (nSPS) is 26.0. The minimum Gasteiger partial charge on any atom is -0.459 e. The van der Waals surface area contributed by atoms with Crippen LogP contribution in [0.3, 0.4) is 0 Å². The third-order valence-electron chi connectivity index (χ3n) is 6.02. The van der Waals surface area contributed by atoms with Crippen LogP contribution in [-0.4, -0.2) is 43.2 Å². The first kappa shape index (κ1) is 27.7. The molecular weight excluding hydrogens is 541 g/mol. The molecule has 3 aromatic carbocycles. The van der Waals surface area contributed by atoms with Crippen LogP contribution in [0.4, 0.5) is 0 Å². The van der Waals surface area contributed by atoms with E-state index in [-0.39, 0.29) is 18.1 Å². The number of hydrogen-bond donors (Lipinski definition) is 0. The molecule has 0 radical (unpaired) electrons. The Morgan fingerprint density at radius 2 is 1.50 bits per heavy atom. The Kier molecular flexibility index (Phi) is 8.66. The van der Waals surface area contributed by atoms with Crippen LogP contribution in [0.25, 0.3) is 10.4 Å². The van der Waals surface area contributed by atoms with Gasteiger partial charge in [-0.2, -0.15) is 0 Å². The van der Waals surface area contributed by atoms with Gasteiger partial charge in [0.15, 0.2) is 12.6 Å². The van der Waals surface area contributed by atoms with Gasteiger partial charge in [0.2, 0.25) is 0 Å². The van der Waals surface area contributed by atoms with E-state index in [0.29, 0.717) is 0 Å². The molecule has 0 amide bonds. The predicted octanol–water partition coefficient (Wildman–Crippen LogP) is 5.72. The average Bonchev–Trinajstić information content (AvgIpc) is 2.96. The van der Waals surface area contributed by atoms with E-state index in [4.69, 9.17) is 32.5 Å². The molecule has 2 aliphatic rings. The summed E-state index contributed by atoms with van der Waals surface area (Å²) in [5, 5.41) is 3.79. The second kappa shape index (κ2) is 12.5. The fraction of sp³-hybridized carbons (Fsp3) is 0.296. The molecule has 2 saturated heterocycles. The largest absolute Gasteiger partial charge is 0.589 e. The highest BCUT2D eigenvalue weighted by Gasteiger charge is 2.54. The van der Waals surface area contributed by atoms with E-state index in [9.17, 15) is 14.9 Å². The minimum atomic E-state index is -4.49. The number of esters is 1. The lowest BCUT2D eigenvalue weighted by molar-refractivity contribution is -0.333. The smallest absolute Gasteiger partial charge is 0.459 e. The monoisotopic (exact) mass is 567 g/mol. The molecule has 5 rings (SSSR count). The zero-order chi connectivity index (χ0) is 28.0. The maximum absolute atomic E-state index is 14.0. The van der Waals surface area contributed by atoms with Gasteiger partial charge in [-0.05, 0) is 29.8 Å². The molecule has 0 bridgehead atoms. The van der Waals surface area contributed by atoms with Gasteiger partial charge in [-0.1, -0.05) is 71.8 Å². The van der Waals surface area contributed by atoms with Crippen LogP contribution in [0.2, 0.25) is 0 Å². The molecule has 3 aromatic rings. The van der Waals surface area contributed by atoms with E-state index in [0.717, 1.165) is 5.56 Å². The number of carbonyl (C=O) groups excluding carboxylic acids is 1. The van der Waals surface area contributed by atoms with Crippen LogP contribution in [0.5, 0.6) is 11.5 Å². The fourth-order valence-corrected chi connectivity index (χ4v) is 5.66. The van der Waals surface area contributed by atoms with E-state index in [1.807, 2.05) is 30.3 Å². The van der Waals surface area contributed by atoms with Crippen LogP contribution in [0, 0.1) is 0 Å². The molecule has 0 spiro atoms. The van der Waals surface area contributed by atoms with Gasteiger partial charge in [-0.25, -0.2) is 9.09 Å². The van der Waals surface area contributed by atoms with E-state index in [2.05, 4.69) is 10.0 Å². The van der Waals surface area contributed by atoms with Gasteiger partial charge in [-0.3, -0.25) is 4.79 Å². The van der Waals surface area contributed by atoms with Crippen LogP contribution in [-0.2, 0) is 32.8 Å². The first-order valence-corrected chi connectivity index (χ1v) is 13.9. The van der Waals surface area contributed by atoms with Crippen LogP contribution < -0.4 is 9.05 Å². The molecular formula is C27H26N3O9P. The summed E-state index contributed by atoms with van der Waals surface area (Å²) in [5.41, 5.74) is 10.1. The predicted molar refractivity (Wildman–Crippen MR) is 140 cm³/mol. The zero-order valence-electron chi connectivity index (χ0n) is 21.3. The molecule has 0 aromatic heterocycles. The number of ether oxygens (including phenoxy) is 4. The number of fused-ring (bicyclic) bond motifs is 1. The highest BCUT2D eigenvalue weighted by molar-refractivity contribution is 7.49. The SMILES string of the molecule is CC(=O)O[C@@H]1[C@@H](N=[N+]=[N-])[C@@H](OP(=O)(Oc2ccccc2)Oc2ccccc2)O[C@@H]2CO[C@H](c3ccccc3)O[C@H]12. The molecule has 6 atom stereocenters. The van der Waals surface area contributed by atoms with Crippen molar-refractivity contribution in [2.75, 3.05) is 6.61 Å². The Hall–Kier alpha value is -3.89. The summed E-state index contributed by atoms with van der Waals surface area (Å²) < 4.78 is 54.9. The highest BCUT2D eigenvalue weighted by Crippen LogP contribution is 2.52. The van der Waals surface area contributed by atoms with Crippen LogP contribution in [0.15, 0.2) is 96.1 Å². The molecule has 40 heavy (non-hydrogen) atoms. The van der Waals surface area contributed by atoms with Gasteiger partial charge in [0.05, 0.1) is 6.61 Å². The van der Waals surface area contributed by atoms with Crippen molar-refractivity contribution in [2.24, 2.45) is 5.11 Å². The van der Waals surface area contributed by atoms with E-state index < -0.39 is 50.7 Å². The van der Waals surface area contributed by atoms with Crippen molar-refractivity contribution in [1.29, 1.82) is 0 Å². The van der Waals surface area contributed by atoms with Crippen molar-refractivity contribution in [2.45, 2.75) is 43.9 Å². The summed E-state index contributed by atoms with van der Waals surface area (Å²) in [5.74, 6) is -0.261. The fourth-order valence-electron chi connectivity index (χ4n) is 4.34. The lowest BCUT2D eigenvalue weighted by atomic mass is 9.96. The third-order valence-corrected chi connectivity index (χ3v) is 7.35. The van der Waals surface area contributed by atoms with Crippen LogP contribution >= 0.6 is 7.82 Å². The first-order valence-electron chi connectivity index (χ1n) is 12.4. The third kappa shape index (κ3) is 6.63. The first-order chi connectivity index (χ1) is 19.4. The summed E-state index contributed by atoms with van der Waals surface area (Å²) in [6.45, 7) is 1.22. The van der Waals surface area contributed by atoms with Gasteiger partial charge in [-0.15, -0.1) is 0 Å². The number of azide groups is 1. The number of benzene rings is 3. The summed E-state index contributed by atoms with van der Waals surface area (Å²) >= 11 is 0. The molecule has 208 valence electrons. The van der Waals surface area contributed by atoms with E-state index >= 15 is 0 Å². The van der Waals surface area contributed by atoms with E-state index in [1.165, 1.54) is 6.92 Å². The number of para-hydroxylation sites is 2. The lowest BCUT2D eigenvalue weighted by Gasteiger charge is -2.47. The Balaban J connectivity index is 1.45. The standard InChI is InChI=1S/C27H26N3O9P/c1-18(31)34-25-23(29-30-28)27(35-22-17-33-26(36-24(22)25)19-11-5-2-6-12-19)39-40(32,37-20-13-7-3-8-14-20)38-21-15-9-4-10-16-21/h2-16,22-27H,17H2,1H3/t22-,23-,24+,25-,26+,27-/m1/s1. The van der Waals surface area contributed by atoms with Crippen molar-refractivity contribution < 1.29 is 41.9 Å². The summed E-state index contributed by atoms with van der Waals surface area (Å²) in [4.78, 5) is 15.0. The number of phosphoric ester groups is 1. The number of phosphoric acid groups is 1. The van der Waals surface area contributed by atoms with Gasteiger partial charge in [0.1, 0.15) is 35.9 Å². The van der Waals surface area contributed by atoms with Crippen molar-refractivity contribution >= 4 is 13.8 Å². The number of carbonyl (C=O) groups is 1. The van der Waals surface area contributed by atoms with Gasteiger partial charge >= 0.3 is 13.8 Å². The minimum absolute atomic E-state index is 0.00816. The molecule has 0 aliphatic carbocycles. The molecule has 0 unspecified atom stereocenters. The molecule has 2 heterocycles. The average molecular weight is 567 g/mol. The number of rotatable bonds is 9. The van der Waals surface area contributed by atoms with Gasteiger partial charge in [0, 0.05) is 17.4 Å². The zero-order valence-corrected chi connectivity index (χ0v) is 22.2. The number of nitrogens with zero attached hydrogens (tertiary/aromatic N) is 3. The molecule has 2 fully saturated rings. The Bertz CT molecular complexity index is 1330. The molecule has 13 heteroatoms. The summed E-state index contributed by atoms with van der Waals surface area (Å²) in [7, 11) is -4.49. The lowest BCUT2D eigenvalue weighted by Crippen LogP contribution is -2.62. The van der Waals surface area contributed by atoms with Crippen molar-refractivity contribution in [3.63, 3.8) is 0 Å².